The standard InChI is InChI=1S/C67H111NO13/c1-3-5-7-9-11-13-14-15-16-17-18-19-20-21-22-23-24-25-26-27-28-29-30-31-32-33-34-35-36-37-38-39-40-41-42-43-45-47-49-51-59(72)68-55(56(71)50-48-46-44-12-10-8-6-4-2)54-78-66-64(77)62(75)65(58(53-70)80-66)81-67-63(76)61(74)60(73)57(52-69)79-67/h5,7,10-13,15-16,18-19,21-22,24-25,27-28,30-31,48,50,55-58,60-67,69-71,73-77H,3-4,6,8-9,14,17,20,23,26,29,32-47,49,51-54H2,1-2H3,(H,68,72)/b7-5-,12-10+,13-11-,16-15-,19-18-,22-21-,25-24-,28-27-,31-30-,50-48+. The zero-order chi connectivity index (χ0) is 58.8. The highest BCUT2D eigenvalue weighted by atomic mass is 16.7. The zero-order valence-corrected chi connectivity index (χ0v) is 49.7. The normalized spacial score (nSPS) is 25.0. The first-order chi connectivity index (χ1) is 39.6. The summed E-state index contributed by atoms with van der Waals surface area (Å²) in [6.45, 7) is 2.56. The maximum Gasteiger partial charge on any atom is 0.220 e. The van der Waals surface area contributed by atoms with Gasteiger partial charge in [-0.05, 0) is 89.9 Å². The Bertz CT molecular complexity index is 1820. The van der Waals surface area contributed by atoms with Crippen molar-refractivity contribution >= 4 is 5.91 Å². The van der Waals surface area contributed by atoms with E-state index in [4.69, 9.17) is 18.9 Å². The third-order valence-corrected chi connectivity index (χ3v) is 14.4. The van der Waals surface area contributed by atoms with Gasteiger partial charge in [-0.25, -0.2) is 0 Å². The summed E-state index contributed by atoms with van der Waals surface area (Å²) in [6.07, 6.45) is 57.3. The molecule has 2 aliphatic heterocycles. The van der Waals surface area contributed by atoms with E-state index in [0.717, 1.165) is 103 Å². The molecule has 0 aromatic carbocycles. The van der Waals surface area contributed by atoms with E-state index in [1.165, 1.54) is 64.2 Å². The molecule has 1 amide bonds. The van der Waals surface area contributed by atoms with Gasteiger partial charge in [0.25, 0.3) is 0 Å². The van der Waals surface area contributed by atoms with Crippen LogP contribution in [0.4, 0.5) is 0 Å². The van der Waals surface area contributed by atoms with Crippen LogP contribution < -0.4 is 5.32 Å². The van der Waals surface area contributed by atoms with Gasteiger partial charge in [-0.3, -0.25) is 4.79 Å². The van der Waals surface area contributed by atoms with Crippen molar-refractivity contribution in [3.63, 3.8) is 0 Å². The third-order valence-electron chi connectivity index (χ3n) is 14.4. The Morgan fingerprint density at radius 2 is 0.864 bits per heavy atom. The summed E-state index contributed by atoms with van der Waals surface area (Å²) in [4.78, 5) is 13.2. The molecule has 0 aliphatic carbocycles. The molecule has 14 heteroatoms. The fraction of sp³-hybridized carbons (Fsp3) is 0.687. The predicted molar refractivity (Wildman–Crippen MR) is 327 cm³/mol. The molecular weight excluding hydrogens is 1030 g/mol. The molecule has 0 bridgehead atoms. The van der Waals surface area contributed by atoms with E-state index in [9.17, 15) is 45.6 Å². The Hall–Kier alpha value is -3.61. The number of aliphatic hydroxyl groups is 8. The van der Waals surface area contributed by atoms with Gasteiger partial charge in [-0.15, -0.1) is 0 Å². The van der Waals surface area contributed by atoms with E-state index in [2.05, 4.69) is 129 Å². The molecule has 0 aromatic rings. The molecule has 14 nitrogen and oxygen atoms in total. The molecule has 0 spiro atoms. The van der Waals surface area contributed by atoms with Gasteiger partial charge in [-0.2, -0.15) is 0 Å². The Morgan fingerprint density at radius 3 is 1.36 bits per heavy atom. The summed E-state index contributed by atoms with van der Waals surface area (Å²) in [6, 6.07) is -0.936. The second-order valence-corrected chi connectivity index (χ2v) is 21.4. The number of hydrogen-bond donors (Lipinski definition) is 9. The number of ether oxygens (including phenoxy) is 4. The maximum atomic E-state index is 13.2. The van der Waals surface area contributed by atoms with Crippen LogP contribution in [0.15, 0.2) is 122 Å². The lowest BCUT2D eigenvalue weighted by Crippen LogP contribution is -2.65. The van der Waals surface area contributed by atoms with Crippen molar-refractivity contribution in [2.45, 2.75) is 274 Å². The molecule has 0 radical (unpaired) electrons. The first kappa shape index (κ1) is 73.5. The number of allylic oxidation sites excluding steroid dienone is 19. The fourth-order valence-electron chi connectivity index (χ4n) is 9.37. The van der Waals surface area contributed by atoms with Gasteiger partial charge in [0.1, 0.15) is 48.8 Å². The Kier molecular flexibility index (Phi) is 46.1. The summed E-state index contributed by atoms with van der Waals surface area (Å²) in [5.41, 5.74) is 0. The lowest BCUT2D eigenvalue weighted by atomic mass is 9.97. The summed E-state index contributed by atoms with van der Waals surface area (Å²) in [5.74, 6) is -0.259. The summed E-state index contributed by atoms with van der Waals surface area (Å²) in [7, 11) is 0. The molecule has 2 aliphatic rings. The molecule has 81 heavy (non-hydrogen) atoms. The van der Waals surface area contributed by atoms with Crippen molar-refractivity contribution in [3.8, 4) is 0 Å². The monoisotopic (exact) mass is 1140 g/mol. The molecule has 2 fully saturated rings. The Labute approximate surface area is 488 Å². The van der Waals surface area contributed by atoms with E-state index in [0.29, 0.717) is 12.8 Å². The van der Waals surface area contributed by atoms with E-state index in [1.807, 2.05) is 6.08 Å². The number of unbranched alkanes of at least 4 members (excludes halogenated alkanes) is 17. The van der Waals surface area contributed by atoms with Crippen LogP contribution >= 0.6 is 0 Å². The first-order valence-corrected chi connectivity index (χ1v) is 31.3. The fourth-order valence-corrected chi connectivity index (χ4v) is 9.37. The average molecular weight is 1140 g/mol. The number of aliphatic hydroxyl groups excluding tert-OH is 8. The van der Waals surface area contributed by atoms with E-state index in [1.54, 1.807) is 6.08 Å². The Morgan fingerprint density at radius 1 is 0.457 bits per heavy atom. The number of amides is 1. The topological polar surface area (TPSA) is 228 Å². The Balaban J connectivity index is 1.56. The molecule has 2 rings (SSSR count). The molecule has 12 atom stereocenters. The highest BCUT2D eigenvalue weighted by Crippen LogP contribution is 2.30. The van der Waals surface area contributed by atoms with Crippen LogP contribution in [0.1, 0.15) is 200 Å². The summed E-state index contributed by atoms with van der Waals surface area (Å²) in [5, 5.41) is 86.7. The molecule has 12 unspecified atom stereocenters. The second-order valence-electron chi connectivity index (χ2n) is 21.4. The van der Waals surface area contributed by atoms with Crippen LogP contribution in [-0.2, 0) is 23.7 Å². The summed E-state index contributed by atoms with van der Waals surface area (Å²) < 4.78 is 22.7. The molecule has 2 heterocycles. The molecule has 0 saturated carbocycles. The van der Waals surface area contributed by atoms with Crippen molar-refractivity contribution < 1.29 is 64.6 Å². The number of hydrogen-bond acceptors (Lipinski definition) is 13. The van der Waals surface area contributed by atoms with Crippen LogP contribution in [0.2, 0.25) is 0 Å². The largest absolute Gasteiger partial charge is 0.394 e. The van der Waals surface area contributed by atoms with Crippen molar-refractivity contribution in [1.82, 2.24) is 5.32 Å². The van der Waals surface area contributed by atoms with Gasteiger partial charge >= 0.3 is 0 Å². The minimum absolute atomic E-state index is 0.259. The number of carbonyl (C=O) groups excluding carboxylic acids is 1. The minimum atomic E-state index is -1.79. The van der Waals surface area contributed by atoms with Gasteiger partial charge in [0.2, 0.25) is 5.91 Å². The van der Waals surface area contributed by atoms with Crippen molar-refractivity contribution in [1.29, 1.82) is 0 Å². The van der Waals surface area contributed by atoms with E-state index < -0.39 is 86.8 Å². The maximum absolute atomic E-state index is 13.2. The lowest BCUT2D eigenvalue weighted by Gasteiger charge is -2.46. The van der Waals surface area contributed by atoms with Gasteiger partial charge < -0.3 is 65.1 Å². The van der Waals surface area contributed by atoms with Gasteiger partial charge in [0.15, 0.2) is 12.6 Å². The predicted octanol–water partition coefficient (Wildman–Crippen LogP) is 11.4. The molecule has 9 N–H and O–H groups in total. The van der Waals surface area contributed by atoms with Crippen LogP contribution in [0.5, 0.6) is 0 Å². The van der Waals surface area contributed by atoms with Crippen LogP contribution in [0.3, 0.4) is 0 Å². The zero-order valence-electron chi connectivity index (χ0n) is 49.7. The third kappa shape index (κ3) is 36.0. The van der Waals surface area contributed by atoms with E-state index >= 15 is 0 Å². The molecule has 462 valence electrons. The quantitative estimate of drug-likeness (QED) is 0.0204. The van der Waals surface area contributed by atoms with Crippen LogP contribution in [-0.4, -0.2) is 140 Å². The average Bonchev–Trinajstić information content (AvgIpc) is 3.51. The highest BCUT2D eigenvalue weighted by Gasteiger charge is 2.51. The number of carbonyl (C=O) groups is 1. The minimum Gasteiger partial charge on any atom is -0.394 e. The van der Waals surface area contributed by atoms with Crippen molar-refractivity contribution in [3.05, 3.63) is 122 Å². The molecule has 0 aromatic heterocycles. The van der Waals surface area contributed by atoms with Crippen LogP contribution in [0, 0.1) is 0 Å². The van der Waals surface area contributed by atoms with Crippen molar-refractivity contribution in [2.24, 2.45) is 0 Å². The molecular formula is C67H111NO13. The second kappa shape index (κ2) is 50.9. The highest BCUT2D eigenvalue weighted by molar-refractivity contribution is 5.76. The number of nitrogens with one attached hydrogen (secondary N) is 1. The smallest absolute Gasteiger partial charge is 0.220 e. The van der Waals surface area contributed by atoms with Gasteiger partial charge in [0.05, 0.1) is 32.0 Å². The van der Waals surface area contributed by atoms with Gasteiger partial charge in [0, 0.05) is 6.42 Å². The lowest BCUT2D eigenvalue weighted by molar-refractivity contribution is -0.359. The molecule has 2 saturated heterocycles. The first-order valence-electron chi connectivity index (χ1n) is 31.3. The summed E-state index contributed by atoms with van der Waals surface area (Å²) >= 11 is 0. The van der Waals surface area contributed by atoms with Crippen LogP contribution in [0.25, 0.3) is 0 Å². The SMILES string of the molecule is CC/C=C\C/C=C\C/C=C\C/C=C\C/C=C\C/C=C\C/C=C\C/C=C\CCCCCCCCCCCCCCCCC(=O)NC(COC1OC(CO)C(OC2OC(CO)C(O)C(O)C2O)C(O)C1O)C(O)/C=C/CC/C=C/CCCC. The van der Waals surface area contributed by atoms with Crippen molar-refractivity contribution in [2.75, 3.05) is 19.8 Å². The van der Waals surface area contributed by atoms with Gasteiger partial charge in [-0.1, -0.05) is 225 Å². The van der Waals surface area contributed by atoms with E-state index in [-0.39, 0.29) is 18.9 Å². The number of rotatable bonds is 48.